The van der Waals surface area contributed by atoms with Gasteiger partial charge in [-0.3, -0.25) is 4.79 Å². The first kappa shape index (κ1) is 12.4. The molecular formula is C9H3ClF3NO2. The van der Waals surface area contributed by atoms with Gasteiger partial charge in [-0.2, -0.15) is 13.2 Å². The average Bonchev–Trinajstić information content (AvgIpc) is 2.19. The van der Waals surface area contributed by atoms with Gasteiger partial charge in [0.05, 0.1) is 11.3 Å². The molecule has 0 saturated heterocycles. The van der Waals surface area contributed by atoms with E-state index in [1.165, 1.54) is 12.0 Å². The highest BCUT2D eigenvalue weighted by molar-refractivity contribution is 6.34. The lowest BCUT2D eigenvalue weighted by molar-refractivity contribution is -0.169. The van der Waals surface area contributed by atoms with Crippen LogP contribution >= 0.6 is 11.6 Å². The van der Waals surface area contributed by atoms with Crippen LogP contribution in [0.25, 0.3) is 0 Å². The average molecular weight is 250 g/mol. The van der Waals surface area contributed by atoms with Crippen LogP contribution in [0.5, 0.6) is 0 Å². The number of amides is 1. The lowest BCUT2D eigenvalue weighted by atomic mass is 10.1. The smallest absolute Gasteiger partial charge is 0.262 e. The van der Waals surface area contributed by atoms with E-state index < -0.39 is 17.8 Å². The summed E-state index contributed by atoms with van der Waals surface area (Å²) in [5.41, 5.74) is -0.716. The van der Waals surface area contributed by atoms with Crippen molar-refractivity contribution in [3.05, 3.63) is 28.8 Å². The maximum absolute atomic E-state index is 11.9. The van der Waals surface area contributed by atoms with E-state index in [0.29, 0.717) is 0 Å². The van der Waals surface area contributed by atoms with Crippen molar-refractivity contribution in [1.29, 1.82) is 0 Å². The van der Waals surface area contributed by atoms with Crippen molar-refractivity contribution in [2.75, 3.05) is 0 Å². The number of hydrogen-bond donors (Lipinski definition) is 0. The number of aliphatic imine (C=N–C) groups is 1. The first-order chi connectivity index (χ1) is 7.34. The van der Waals surface area contributed by atoms with Crippen LogP contribution in [0.1, 0.15) is 0 Å². The summed E-state index contributed by atoms with van der Waals surface area (Å²) in [4.78, 5) is 23.7. The molecule has 0 N–H and O–H groups in total. The molecule has 0 radical (unpaired) electrons. The first-order valence-corrected chi connectivity index (χ1v) is 4.23. The molecule has 0 heterocycles. The molecule has 84 valence electrons. The molecule has 0 aromatic rings. The summed E-state index contributed by atoms with van der Waals surface area (Å²) < 4.78 is 35.6. The SMILES string of the molecule is O=C=C1C=C(Cl)C=CC1=NC(=O)C(F)(F)F. The van der Waals surface area contributed by atoms with Crippen LogP contribution in [0.4, 0.5) is 13.2 Å². The third-order valence-corrected chi connectivity index (χ3v) is 1.77. The molecule has 0 aromatic heterocycles. The third kappa shape index (κ3) is 2.92. The number of hydrogen-bond acceptors (Lipinski definition) is 2. The molecule has 0 atom stereocenters. The molecule has 0 unspecified atom stereocenters. The fourth-order valence-electron chi connectivity index (χ4n) is 0.860. The number of halogens is 4. The zero-order valence-electron chi connectivity index (χ0n) is 7.51. The first-order valence-electron chi connectivity index (χ1n) is 3.85. The molecule has 0 fully saturated rings. The second kappa shape index (κ2) is 4.47. The van der Waals surface area contributed by atoms with Crippen LogP contribution in [0, 0.1) is 0 Å². The van der Waals surface area contributed by atoms with Gasteiger partial charge < -0.3 is 0 Å². The van der Waals surface area contributed by atoms with Gasteiger partial charge in [-0.1, -0.05) is 11.6 Å². The van der Waals surface area contributed by atoms with Gasteiger partial charge in [0.2, 0.25) is 0 Å². The lowest BCUT2D eigenvalue weighted by Crippen LogP contribution is -2.22. The molecule has 3 nitrogen and oxygen atoms in total. The van der Waals surface area contributed by atoms with E-state index in [4.69, 9.17) is 11.6 Å². The zero-order chi connectivity index (χ0) is 12.3. The fraction of sp³-hybridized carbons (Fsp3) is 0.111. The predicted molar refractivity (Wildman–Crippen MR) is 50.8 cm³/mol. The fourth-order valence-corrected chi connectivity index (χ4v) is 1.03. The normalized spacial score (nSPS) is 18.4. The minimum absolute atomic E-state index is 0.136. The van der Waals surface area contributed by atoms with E-state index in [2.05, 4.69) is 4.99 Å². The Morgan fingerprint density at radius 3 is 2.50 bits per heavy atom. The van der Waals surface area contributed by atoms with Crippen LogP contribution in [0.3, 0.4) is 0 Å². The quantitative estimate of drug-likeness (QED) is 0.616. The maximum atomic E-state index is 11.9. The van der Waals surface area contributed by atoms with Gasteiger partial charge >= 0.3 is 12.1 Å². The molecule has 0 spiro atoms. The summed E-state index contributed by atoms with van der Waals surface area (Å²) in [7, 11) is 0. The lowest BCUT2D eigenvalue weighted by Gasteiger charge is -2.05. The van der Waals surface area contributed by atoms with Gasteiger partial charge in [0.1, 0.15) is 5.94 Å². The number of carbonyl (C=O) groups excluding carboxylic acids is 2. The molecule has 1 aliphatic carbocycles. The topological polar surface area (TPSA) is 46.5 Å². The number of alkyl halides is 3. The summed E-state index contributed by atoms with van der Waals surface area (Å²) in [5, 5.41) is 0.136. The van der Waals surface area contributed by atoms with Crippen molar-refractivity contribution in [2.45, 2.75) is 6.18 Å². The molecule has 0 aliphatic heterocycles. The van der Waals surface area contributed by atoms with Crippen molar-refractivity contribution in [3.63, 3.8) is 0 Å². The molecule has 0 saturated carbocycles. The predicted octanol–water partition coefficient (Wildman–Crippen LogP) is 1.97. The monoisotopic (exact) mass is 249 g/mol. The Hall–Kier alpha value is -1.65. The van der Waals surface area contributed by atoms with Gasteiger partial charge in [-0.05, 0) is 18.2 Å². The van der Waals surface area contributed by atoms with Crippen molar-refractivity contribution in [2.24, 2.45) is 4.99 Å². The zero-order valence-corrected chi connectivity index (χ0v) is 8.26. The Bertz CT molecular complexity index is 468. The second-order valence-electron chi connectivity index (χ2n) is 2.68. The minimum atomic E-state index is -5.07. The van der Waals surface area contributed by atoms with Crippen molar-refractivity contribution >= 4 is 29.2 Å². The van der Waals surface area contributed by atoms with E-state index >= 15 is 0 Å². The standard InChI is InChI=1S/C9H3ClF3NO2/c10-6-1-2-7(5(3-6)4-15)14-8(16)9(11,12)13/h1-3H. The van der Waals surface area contributed by atoms with Crippen molar-refractivity contribution in [1.82, 2.24) is 0 Å². The maximum Gasteiger partial charge on any atom is 0.473 e. The Kier molecular flexibility index (Phi) is 3.47. The number of rotatable bonds is 0. The molecule has 1 aliphatic rings. The van der Waals surface area contributed by atoms with Gasteiger partial charge in [0.25, 0.3) is 0 Å². The van der Waals surface area contributed by atoms with E-state index in [9.17, 15) is 22.8 Å². The molecule has 0 aromatic carbocycles. The largest absolute Gasteiger partial charge is 0.473 e. The number of carbonyl (C=O) groups is 1. The van der Waals surface area contributed by atoms with Crippen LogP contribution in [-0.2, 0) is 9.59 Å². The van der Waals surface area contributed by atoms with Crippen molar-refractivity contribution < 1.29 is 22.8 Å². The summed E-state index contributed by atoms with van der Waals surface area (Å²) in [6.45, 7) is 0. The van der Waals surface area contributed by atoms with Gasteiger partial charge in [0.15, 0.2) is 0 Å². The van der Waals surface area contributed by atoms with Gasteiger partial charge in [0, 0.05) is 5.03 Å². The van der Waals surface area contributed by atoms with Crippen LogP contribution < -0.4 is 0 Å². The highest BCUT2D eigenvalue weighted by atomic mass is 35.5. The Morgan fingerprint density at radius 2 is 2.00 bits per heavy atom. The van der Waals surface area contributed by atoms with Crippen LogP contribution in [0.2, 0.25) is 0 Å². The molecular weight excluding hydrogens is 247 g/mol. The Morgan fingerprint density at radius 1 is 1.38 bits per heavy atom. The van der Waals surface area contributed by atoms with Crippen molar-refractivity contribution in [3.8, 4) is 0 Å². The van der Waals surface area contributed by atoms with Gasteiger partial charge in [-0.15, -0.1) is 0 Å². The highest BCUT2D eigenvalue weighted by Crippen LogP contribution is 2.19. The third-order valence-electron chi connectivity index (χ3n) is 1.53. The van der Waals surface area contributed by atoms with E-state index in [0.717, 1.165) is 12.2 Å². The summed E-state index contributed by atoms with van der Waals surface area (Å²) in [6, 6.07) is 0. The number of nitrogens with zero attached hydrogens (tertiary/aromatic N) is 1. The molecule has 7 heteroatoms. The van der Waals surface area contributed by atoms with E-state index in [-0.39, 0.29) is 10.6 Å². The van der Waals surface area contributed by atoms with Crippen LogP contribution in [0.15, 0.2) is 33.8 Å². The van der Waals surface area contributed by atoms with E-state index in [1.807, 2.05) is 0 Å². The second-order valence-corrected chi connectivity index (χ2v) is 3.11. The molecule has 1 amide bonds. The summed E-state index contributed by atoms with van der Waals surface area (Å²) >= 11 is 5.49. The summed E-state index contributed by atoms with van der Waals surface area (Å²) in [5.74, 6) is -0.940. The Balaban J connectivity index is 3.08. The molecule has 1 rings (SSSR count). The summed E-state index contributed by atoms with van der Waals surface area (Å²) in [6.07, 6.45) is -1.76. The highest BCUT2D eigenvalue weighted by Gasteiger charge is 2.39. The van der Waals surface area contributed by atoms with Crippen LogP contribution in [-0.4, -0.2) is 23.7 Å². The number of allylic oxidation sites excluding steroid dienone is 5. The molecule has 16 heavy (non-hydrogen) atoms. The minimum Gasteiger partial charge on any atom is -0.262 e. The van der Waals surface area contributed by atoms with E-state index in [1.54, 1.807) is 0 Å². The Labute approximate surface area is 92.6 Å². The molecule has 0 bridgehead atoms. The van der Waals surface area contributed by atoms with Gasteiger partial charge in [-0.25, -0.2) is 9.79 Å².